The Morgan fingerprint density at radius 1 is 1.55 bits per heavy atom. The topological polar surface area (TPSA) is 64.3 Å². The zero-order chi connectivity index (χ0) is 14.5. The lowest BCUT2D eigenvalue weighted by Crippen LogP contribution is -1.92. The largest absolute Gasteiger partial charge is 0.478 e. The van der Waals surface area contributed by atoms with Crippen molar-refractivity contribution in [3.8, 4) is 11.5 Å². The zero-order valence-corrected chi connectivity index (χ0v) is 10.8. The second-order valence-corrected chi connectivity index (χ2v) is 3.99. The van der Waals surface area contributed by atoms with Crippen LogP contribution >= 0.6 is 0 Å². The van der Waals surface area contributed by atoms with Crippen LogP contribution < -0.4 is 4.74 Å². The maximum Gasteiger partial charge on any atom is 0.328 e. The summed E-state index contributed by atoms with van der Waals surface area (Å²) in [4.78, 5) is 10.5. The number of rotatable bonds is 5. The maximum absolute atomic E-state index is 13.2. The molecule has 5 nitrogen and oxygen atoms in total. The Morgan fingerprint density at radius 3 is 3.00 bits per heavy atom. The average Bonchev–Trinajstić information content (AvgIpc) is 2.86. The summed E-state index contributed by atoms with van der Waals surface area (Å²) in [6.45, 7) is 2.65. The van der Waals surface area contributed by atoms with Crippen molar-refractivity contribution in [2.45, 2.75) is 13.5 Å². The van der Waals surface area contributed by atoms with Crippen LogP contribution in [-0.2, 0) is 11.3 Å². The molecule has 0 aliphatic heterocycles. The van der Waals surface area contributed by atoms with Gasteiger partial charge >= 0.3 is 5.97 Å². The fourth-order valence-corrected chi connectivity index (χ4v) is 1.60. The van der Waals surface area contributed by atoms with Gasteiger partial charge in [0, 0.05) is 18.2 Å². The predicted molar refractivity (Wildman–Crippen MR) is 71.0 cm³/mol. The van der Waals surface area contributed by atoms with Crippen LogP contribution in [0.4, 0.5) is 4.39 Å². The van der Waals surface area contributed by atoms with Crippen LogP contribution in [-0.4, -0.2) is 20.9 Å². The summed E-state index contributed by atoms with van der Waals surface area (Å²) in [5, 5.41) is 12.7. The van der Waals surface area contributed by atoms with Gasteiger partial charge in [-0.15, -0.1) is 0 Å². The number of ether oxygens (including phenoxy) is 1. The molecule has 0 aliphatic carbocycles. The van der Waals surface area contributed by atoms with Gasteiger partial charge < -0.3 is 9.84 Å². The van der Waals surface area contributed by atoms with E-state index in [-0.39, 0.29) is 0 Å². The summed E-state index contributed by atoms with van der Waals surface area (Å²) in [5.41, 5.74) is 0.344. The Bertz CT molecular complexity index is 650. The smallest absolute Gasteiger partial charge is 0.328 e. The Labute approximate surface area is 114 Å². The van der Waals surface area contributed by atoms with Gasteiger partial charge in [0.15, 0.2) is 5.75 Å². The van der Waals surface area contributed by atoms with Crippen molar-refractivity contribution in [1.82, 2.24) is 9.78 Å². The Morgan fingerprint density at radius 2 is 2.35 bits per heavy atom. The Kier molecular flexibility index (Phi) is 4.14. The van der Waals surface area contributed by atoms with Crippen molar-refractivity contribution >= 4 is 12.0 Å². The van der Waals surface area contributed by atoms with Gasteiger partial charge in [0.1, 0.15) is 11.6 Å². The molecule has 0 saturated heterocycles. The zero-order valence-electron chi connectivity index (χ0n) is 10.8. The van der Waals surface area contributed by atoms with Gasteiger partial charge in [-0.25, -0.2) is 9.18 Å². The molecule has 0 aliphatic rings. The van der Waals surface area contributed by atoms with E-state index < -0.39 is 11.8 Å². The summed E-state index contributed by atoms with van der Waals surface area (Å²) in [6.07, 6.45) is 5.45. The molecule has 2 rings (SSSR count). The number of aryl methyl sites for hydroxylation is 1. The van der Waals surface area contributed by atoms with Crippen LogP contribution in [0, 0.1) is 5.82 Å². The summed E-state index contributed by atoms with van der Waals surface area (Å²) < 4.78 is 20.5. The lowest BCUT2D eigenvalue weighted by molar-refractivity contribution is -0.131. The summed E-state index contributed by atoms with van der Waals surface area (Å²) in [5.74, 6) is -0.714. The summed E-state index contributed by atoms with van der Waals surface area (Å²) in [7, 11) is 0. The molecule has 0 radical (unpaired) electrons. The van der Waals surface area contributed by atoms with Gasteiger partial charge in [-0.1, -0.05) is 0 Å². The average molecular weight is 276 g/mol. The van der Waals surface area contributed by atoms with E-state index in [0.717, 1.165) is 6.08 Å². The molecule has 1 heterocycles. The van der Waals surface area contributed by atoms with Crippen LogP contribution in [0.5, 0.6) is 11.5 Å². The molecule has 1 aromatic heterocycles. The molecule has 6 heteroatoms. The number of hydrogen-bond donors (Lipinski definition) is 1. The van der Waals surface area contributed by atoms with Gasteiger partial charge in [-0.05, 0) is 31.2 Å². The highest BCUT2D eigenvalue weighted by Gasteiger charge is 2.06. The third-order valence-electron chi connectivity index (χ3n) is 2.54. The molecule has 1 aromatic carbocycles. The lowest BCUT2D eigenvalue weighted by Gasteiger charge is -2.06. The van der Waals surface area contributed by atoms with Crippen molar-refractivity contribution < 1.29 is 19.0 Å². The van der Waals surface area contributed by atoms with Crippen molar-refractivity contribution in [3.63, 3.8) is 0 Å². The standard InChI is InChI=1S/C14H13FN2O3/c1-2-17-9-12(8-16-17)20-13-5-4-11(15)7-10(13)3-6-14(18)19/h3-9H,2H2,1H3,(H,18,19)/b6-3+. The molecule has 0 unspecified atom stereocenters. The number of carboxylic acid groups (broad SMARTS) is 1. The quantitative estimate of drug-likeness (QED) is 0.853. The molecular weight excluding hydrogens is 263 g/mol. The maximum atomic E-state index is 13.2. The van der Waals surface area contributed by atoms with E-state index in [9.17, 15) is 9.18 Å². The van der Waals surface area contributed by atoms with E-state index in [1.807, 2.05) is 6.92 Å². The molecule has 104 valence electrons. The molecular formula is C14H13FN2O3. The van der Waals surface area contributed by atoms with Gasteiger partial charge in [0.25, 0.3) is 0 Å². The number of carboxylic acids is 1. The van der Waals surface area contributed by atoms with Crippen LogP contribution in [0.3, 0.4) is 0 Å². The highest BCUT2D eigenvalue weighted by molar-refractivity contribution is 5.85. The second-order valence-electron chi connectivity index (χ2n) is 3.99. The number of benzene rings is 1. The van der Waals surface area contributed by atoms with Crippen LogP contribution in [0.15, 0.2) is 36.7 Å². The van der Waals surface area contributed by atoms with Crippen LogP contribution in [0.25, 0.3) is 6.08 Å². The fourth-order valence-electron chi connectivity index (χ4n) is 1.60. The monoisotopic (exact) mass is 276 g/mol. The fraction of sp³-hybridized carbons (Fsp3) is 0.143. The number of hydrogen-bond acceptors (Lipinski definition) is 3. The van der Waals surface area contributed by atoms with Gasteiger partial charge in [0.2, 0.25) is 0 Å². The van der Waals surface area contributed by atoms with Gasteiger partial charge in [-0.3, -0.25) is 4.68 Å². The first-order chi connectivity index (χ1) is 9.58. The minimum Gasteiger partial charge on any atom is -0.478 e. The predicted octanol–water partition coefficient (Wildman–Crippen LogP) is 2.93. The minimum atomic E-state index is -1.11. The van der Waals surface area contributed by atoms with Crippen molar-refractivity contribution in [2.24, 2.45) is 0 Å². The van der Waals surface area contributed by atoms with Crippen LogP contribution in [0.1, 0.15) is 12.5 Å². The highest BCUT2D eigenvalue weighted by atomic mass is 19.1. The Balaban J connectivity index is 2.28. The van der Waals surface area contributed by atoms with E-state index in [1.165, 1.54) is 30.5 Å². The first-order valence-electron chi connectivity index (χ1n) is 5.99. The first kappa shape index (κ1) is 13.8. The number of aliphatic carboxylic acids is 1. The number of halogens is 1. The third-order valence-corrected chi connectivity index (χ3v) is 2.54. The van der Waals surface area contributed by atoms with Gasteiger partial charge in [-0.2, -0.15) is 5.10 Å². The van der Waals surface area contributed by atoms with E-state index in [1.54, 1.807) is 10.9 Å². The molecule has 20 heavy (non-hydrogen) atoms. The Hall–Kier alpha value is -2.63. The molecule has 0 saturated carbocycles. The molecule has 0 fully saturated rings. The van der Waals surface area contributed by atoms with E-state index in [0.29, 0.717) is 23.6 Å². The van der Waals surface area contributed by atoms with Crippen LogP contribution in [0.2, 0.25) is 0 Å². The number of nitrogens with zero attached hydrogens (tertiary/aromatic N) is 2. The van der Waals surface area contributed by atoms with E-state index in [4.69, 9.17) is 9.84 Å². The van der Waals surface area contributed by atoms with Crippen molar-refractivity contribution in [3.05, 3.63) is 48.0 Å². The summed E-state index contributed by atoms with van der Waals surface area (Å²) >= 11 is 0. The van der Waals surface area contributed by atoms with Crippen molar-refractivity contribution in [1.29, 1.82) is 0 Å². The minimum absolute atomic E-state index is 0.344. The first-order valence-corrected chi connectivity index (χ1v) is 5.99. The summed E-state index contributed by atoms with van der Waals surface area (Å²) in [6, 6.07) is 3.90. The lowest BCUT2D eigenvalue weighted by atomic mass is 10.2. The SMILES string of the molecule is CCn1cc(Oc2ccc(F)cc2/C=C/C(=O)O)cn1. The molecule has 0 atom stereocenters. The van der Waals surface area contributed by atoms with E-state index in [2.05, 4.69) is 5.10 Å². The normalized spacial score (nSPS) is 10.9. The third kappa shape index (κ3) is 3.44. The molecule has 0 bridgehead atoms. The van der Waals surface area contributed by atoms with Gasteiger partial charge in [0.05, 0.1) is 12.4 Å². The highest BCUT2D eigenvalue weighted by Crippen LogP contribution is 2.26. The molecule has 0 spiro atoms. The number of carbonyl (C=O) groups is 1. The molecule has 2 aromatic rings. The second kappa shape index (κ2) is 6.01. The molecule has 1 N–H and O–H groups in total. The van der Waals surface area contributed by atoms with E-state index >= 15 is 0 Å². The van der Waals surface area contributed by atoms with Crippen molar-refractivity contribution in [2.75, 3.05) is 0 Å². The molecule has 0 amide bonds. The number of aromatic nitrogens is 2.